The third kappa shape index (κ3) is 3.10. The number of amides is 1. The lowest BCUT2D eigenvalue weighted by Gasteiger charge is -2.20. The van der Waals surface area contributed by atoms with Gasteiger partial charge in [0.05, 0.1) is 20.1 Å². The Balaban J connectivity index is 1.94. The minimum atomic E-state index is -0.951. The molecule has 2 N–H and O–H groups in total. The second-order valence-corrected chi connectivity index (χ2v) is 6.28. The summed E-state index contributed by atoms with van der Waals surface area (Å²) in [6.45, 7) is 2.19. The van der Waals surface area contributed by atoms with Crippen molar-refractivity contribution in [2.24, 2.45) is 5.92 Å². The molecule has 138 valence electrons. The van der Waals surface area contributed by atoms with E-state index >= 15 is 0 Å². The lowest BCUT2D eigenvalue weighted by Crippen LogP contribution is -2.30. The number of aromatic amines is 1. The van der Waals surface area contributed by atoms with Gasteiger partial charge in [0.15, 0.2) is 11.5 Å². The third-order valence-corrected chi connectivity index (χ3v) is 4.68. The molecule has 0 aliphatic carbocycles. The van der Waals surface area contributed by atoms with Crippen LogP contribution in [0.2, 0.25) is 0 Å². The number of H-pyrrole nitrogens is 1. The fraction of sp³-hybridized carbons (Fsp3) is 0.389. The Bertz CT molecular complexity index is 832. The van der Waals surface area contributed by atoms with Crippen LogP contribution in [0.15, 0.2) is 24.3 Å². The predicted octanol–water partition coefficient (Wildman–Crippen LogP) is 1.68. The third-order valence-electron chi connectivity index (χ3n) is 4.68. The van der Waals surface area contributed by atoms with Crippen molar-refractivity contribution in [3.8, 4) is 11.5 Å². The van der Waals surface area contributed by atoms with Crippen LogP contribution in [-0.4, -0.2) is 59.4 Å². The first-order valence-electron chi connectivity index (χ1n) is 8.21. The van der Waals surface area contributed by atoms with Gasteiger partial charge in [-0.05, 0) is 19.1 Å². The molecule has 2 heterocycles. The van der Waals surface area contributed by atoms with Gasteiger partial charge in [-0.25, -0.2) is 0 Å². The number of aliphatic carboxylic acids is 1. The first-order valence-corrected chi connectivity index (χ1v) is 8.21. The smallest absolute Gasteiger partial charge is 0.308 e. The average Bonchev–Trinajstić information content (AvgIpc) is 3.27. The number of carbonyl (C=O) groups excluding carboxylic acids is 1. The molecule has 0 bridgehead atoms. The summed E-state index contributed by atoms with van der Waals surface area (Å²) >= 11 is 0. The molecule has 0 spiro atoms. The van der Waals surface area contributed by atoms with Crippen LogP contribution in [0, 0.1) is 12.8 Å². The number of hydrogen-bond donors (Lipinski definition) is 2. The SMILES string of the molecule is COc1cccc([C@@H]2CN(C(=O)c3cc(C)[nH]n3)C[C@H]2C(=O)O)c1OC. The number of aromatic nitrogens is 2. The number of carbonyl (C=O) groups is 2. The molecule has 0 unspecified atom stereocenters. The maximum Gasteiger partial charge on any atom is 0.308 e. The fourth-order valence-electron chi connectivity index (χ4n) is 3.43. The van der Waals surface area contributed by atoms with Gasteiger partial charge in [0, 0.05) is 30.3 Å². The molecule has 1 aromatic carbocycles. The Hall–Kier alpha value is -3.03. The summed E-state index contributed by atoms with van der Waals surface area (Å²) in [6.07, 6.45) is 0. The number of carboxylic acid groups (broad SMARTS) is 1. The van der Waals surface area contributed by atoms with E-state index in [1.807, 2.05) is 6.07 Å². The highest BCUT2D eigenvalue weighted by Gasteiger charge is 2.42. The Labute approximate surface area is 150 Å². The number of rotatable bonds is 5. The van der Waals surface area contributed by atoms with E-state index in [0.717, 1.165) is 5.69 Å². The number of likely N-dealkylation sites (tertiary alicyclic amines) is 1. The van der Waals surface area contributed by atoms with E-state index in [2.05, 4.69) is 10.2 Å². The molecular formula is C18H21N3O5. The van der Waals surface area contributed by atoms with Crippen molar-refractivity contribution in [1.82, 2.24) is 15.1 Å². The number of aryl methyl sites for hydroxylation is 1. The normalized spacial score (nSPS) is 19.4. The van der Waals surface area contributed by atoms with E-state index in [1.165, 1.54) is 19.1 Å². The highest BCUT2D eigenvalue weighted by molar-refractivity contribution is 5.93. The van der Waals surface area contributed by atoms with Crippen LogP contribution in [0.4, 0.5) is 0 Å². The van der Waals surface area contributed by atoms with E-state index in [1.54, 1.807) is 25.1 Å². The van der Waals surface area contributed by atoms with Gasteiger partial charge in [-0.2, -0.15) is 5.10 Å². The molecule has 2 aromatic rings. The van der Waals surface area contributed by atoms with E-state index in [-0.39, 0.29) is 24.7 Å². The van der Waals surface area contributed by atoms with Gasteiger partial charge in [0.1, 0.15) is 5.69 Å². The minimum Gasteiger partial charge on any atom is -0.493 e. The van der Waals surface area contributed by atoms with Crippen LogP contribution in [0.3, 0.4) is 0 Å². The van der Waals surface area contributed by atoms with Gasteiger partial charge in [0.2, 0.25) is 0 Å². The van der Waals surface area contributed by atoms with Gasteiger partial charge < -0.3 is 19.5 Å². The van der Waals surface area contributed by atoms with Gasteiger partial charge in [0.25, 0.3) is 5.91 Å². The number of carboxylic acids is 1. The minimum absolute atomic E-state index is 0.116. The van der Waals surface area contributed by atoms with Gasteiger partial charge in [-0.3, -0.25) is 14.7 Å². The van der Waals surface area contributed by atoms with Gasteiger partial charge in [-0.15, -0.1) is 0 Å². The zero-order valence-electron chi connectivity index (χ0n) is 14.9. The second-order valence-electron chi connectivity index (χ2n) is 6.28. The van der Waals surface area contributed by atoms with E-state index in [0.29, 0.717) is 17.1 Å². The van der Waals surface area contributed by atoms with Crippen molar-refractivity contribution in [2.45, 2.75) is 12.8 Å². The number of para-hydroxylation sites is 1. The molecule has 1 amide bonds. The first-order chi connectivity index (χ1) is 12.5. The van der Waals surface area contributed by atoms with Crippen molar-refractivity contribution in [3.63, 3.8) is 0 Å². The zero-order chi connectivity index (χ0) is 18.8. The standard InChI is InChI=1S/C18H21N3O5/c1-10-7-14(20-19-10)17(22)21-8-12(13(9-21)18(23)24)11-5-4-6-15(25-2)16(11)26-3/h4-7,12-13H,8-9H2,1-3H3,(H,19,20)(H,23,24)/t12-,13+/m0/s1. The maximum atomic E-state index is 12.7. The average molecular weight is 359 g/mol. The first kappa shape index (κ1) is 17.8. The summed E-state index contributed by atoms with van der Waals surface area (Å²) in [7, 11) is 3.04. The Kier molecular flexibility index (Phi) is 4.83. The number of nitrogens with zero attached hydrogens (tertiary/aromatic N) is 2. The van der Waals surface area contributed by atoms with Crippen molar-refractivity contribution in [1.29, 1.82) is 0 Å². The lowest BCUT2D eigenvalue weighted by molar-refractivity contribution is -0.141. The van der Waals surface area contributed by atoms with Crippen LogP contribution in [0.5, 0.6) is 11.5 Å². The molecule has 1 fully saturated rings. The monoisotopic (exact) mass is 359 g/mol. The topological polar surface area (TPSA) is 105 Å². The lowest BCUT2D eigenvalue weighted by atomic mass is 9.88. The predicted molar refractivity (Wildman–Crippen MR) is 92.6 cm³/mol. The van der Waals surface area contributed by atoms with Crippen LogP contribution in [0.25, 0.3) is 0 Å². The fourth-order valence-corrected chi connectivity index (χ4v) is 3.43. The molecule has 26 heavy (non-hydrogen) atoms. The Morgan fingerprint density at radius 2 is 2.04 bits per heavy atom. The van der Waals surface area contributed by atoms with E-state index in [4.69, 9.17) is 9.47 Å². The largest absolute Gasteiger partial charge is 0.493 e. The molecule has 0 radical (unpaired) electrons. The van der Waals surface area contributed by atoms with Crippen LogP contribution in [0.1, 0.15) is 27.7 Å². The number of hydrogen-bond acceptors (Lipinski definition) is 5. The molecule has 2 atom stereocenters. The van der Waals surface area contributed by atoms with Crippen molar-refractivity contribution < 1.29 is 24.2 Å². The molecule has 1 aliphatic rings. The van der Waals surface area contributed by atoms with Gasteiger partial charge in [-0.1, -0.05) is 12.1 Å². The highest BCUT2D eigenvalue weighted by atomic mass is 16.5. The number of methoxy groups -OCH3 is 2. The van der Waals surface area contributed by atoms with E-state index < -0.39 is 17.8 Å². The quantitative estimate of drug-likeness (QED) is 0.841. The second kappa shape index (κ2) is 7.07. The van der Waals surface area contributed by atoms with Crippen molar-refractivity contribution >= 4 is 11.9 Å². The molecular weight excluding hydrogens is 338 g/mol. The number of ether oxygens (including phenoxy) is 2. The summed E-state index contributed by atoms with van der Waals surface area (Å²) in [5.41, 5.74) is 1.77. The number of nitrogens with one attached hydrogen (secondary N) is 1. The van der Waals surface area contributed by atoms with Crippen LogP contribution in [-0.2, 0) is 4.79 Å². The number of benzene rings is 1. The summed E-state index contributed by atoms with van der Waals surface area (Å²) in [4.78, 5) is 26.0. The molecule has 3 rings (SSSR count). The summed E-state index contributed by atoms with van der Waals surface area (Å²) in [5, 5.41) is 16.4. The molecule has 8 heteroatoms. The van der Waals surface area contributed by atoms with Crippen molar-refractivity contribution in [2.75, 3.05) is 27.3 Å². The summed E-state index contributed by atoms with van der Waals surface area (Å²) < 4.78 is 10.8. The molecule has 1 saturated heterocycles. The summed E-state index contributed by atoms with van der Waals surface area (Å²) in [6, 6.07) is 7.01. The zero-order valence-corrected chi connectivity index (χ0v) is 14.9. The Morgan fingerprint density at radius 3 is 2.62 bits per heavy atom. The van der Waals surface area contributed by atoms with Crippen LogP contribution < -0.4 is 9.47 Å². The van der Waals surface area contributed by atoms with E-state index in [9.17, 15) is 14.7 Å². The van der Waals surface area contributed by atoms with Gasteiger partial charge >= 0.3 is 5.97 Å². The molecule has 8 nitrogen and oxygen atoms in total. The molecule has 0 saturated carbocycles. The van der Waals surface area contributed by atoms with Crippen LogP contribution >= 0.6 is 0 Å². The summed E-state index contributed by atoms with van der Waals surface area (Å²) in [5.74, 6) is -1.35. The molecule has 1 aromatic heterocycles. The Morgan fingerprint density at radius 1 is 1.27 bits per heavy atom. The van der Waals surface area contributed by atoms with Crippen molar-refractivity contribution in [3.05, 3.63) is 41.2 Å². The highest BCUT2D eigenvalue weighted by Crippen LogP contribution is 2.42. The maximum absolute atomic E-state index is 12.7. The molecule has 1 aliphatic heterocycles.